The van der Waals surface area contributed by atoms with Crippen LogP contribution in [0, 0.1) is 0 Å². The number of ether oxygens (including phenoxy) is 1. The second-order valence-electron chi connectivity index (χ2n) is 8.10. The average molecular weight is 432 g/mol. The molecule has 2 aromatic carbocycles. The first-order valence-electron chi connectivity index (χ1n) is 11.0. The molecule has 6 heteroatoms. The first-order valence-corrected chi connectivity index (χ1v) is 11.0. The van der Waals surface area contributed by atoms with Crippen LogP contribution in [-0.4, -0.2) is 54.4 Å². The number of hydrogen-bond donors (Lipinski definition) is 0. The number of aromatic nitrogens is 1. The lowest BCUT2D eigenvalue weighted by Gasteiger charge is -2.37. The third kappa shape index (κ3) is 4.85. The van der Waals surface area contributed by atoms with Crippen molar-refractivity contribution < 1.29 is 14.3 Å². The van der Waals surface area contributed by atoms with Crippen molar-refractivity contribution >= 4 is 17.4 Å². The molecule has 1 fully saturated rings. The highest BCUT2D eigenvalue weighted by atomic mass is 16.5. The smallest absolute Gasteiger partial charge is 0.225 e. The Morgan fingerprint density at radius 3 is 2.25 bits per heavy atom. The summed E-state index contributed by atoms with van der Waals surface area (Å²) in [5.41, 5.74) is 2.86. The number of carbonyl (C=O) groups is 2. The second-order valence-corrected chi connectivity index (χ2v) is 8.10. The highest BCUT2D eigenvalue weighted by molar-refractivity contribution is 5.94. The van der Waals surface area contributed by atoms with Gasteiger partial charge in [0, 0.05) is 49.8 Å². The van der Waals surface area contributed by atoms with E-state index in [0.717, 1.165) is 35.7 Å². The van der Waals surface area contributed by atoms with Gasteiger partial charge >= 0.3 is 0 Å². The number of hydrogen-bond acceptors (Lipinski definition) is 4. The first kappa shape index (κ1) is 21.7. The molecule has 1 aliphatic rings. The van der Waals surface area contributed by atoms with Crippen LogP contribution in [0.25, 0.3) is 0 Å². The molecule has 1 aromatic heterocycles. The minimum absolute atomic E-state index is 0.0697. The van der Waals surface area contributed by atoms with Crippen LogP contribution < -0.4 is 9.64 Å². The molecule has 0 spiro atoms. The number of nitrogens with zero attached hydrogens (tertiary/aromatic N) is 3. The molecule has 6 nitrogen and oxygen atoms in total. The van der Waals surface area contributed by atoms with Crippen molar-refractivity contribution in [2.75, 3.05) is 38.2 Å². The van der Waals surface area contributed by atoms with Gasteiger partial charge in [0.05, 0.1) is 19.6 Å². The van der Waals surface area contributed by atoms with Crippen molar-refractivity contribution in [3.63, 3.8) is 0 Å². The summed E-state index contributed by atoms with van der Waals surface area (Å²) < 4.78 is 7.47. The van der Waals surface area contributed by atoms with Crippen molar-refractivity contribution in [1.29, 1.82) is 0 Å². The number of rotatable bonds is 7. The minimum Gasteiger partial charge on any atom is -0.497 e. The molecule has 1 atom stereocenters. The topological polar surface area (TPSA) is 54.8 Å². The Kier molecular flexibility index (Phi) is 6.59. The average Bonchev–Trinajstić information content (AvgIpc) is 3.37. The van der Waals surface area contributed by atoms with Gasteiger partial charge < -0.3 is 19.1 Å². The Bertz CT molecular complexity index is 1050. The van der Waals surface area contributed by atoms with E-state index in [9.17, 15) is 9.59 Å². The van der Waals surface area contributed by atoms with Gasteiger partial charge in [-0.05, 0) is 61.0 Å². The molecular formula is C26H29N3O3. The first-order chi connectivity index (χ1) is 15.5. The number of Topliss-reactive ketones (excluding diaryl/α,β-unsaturated/α-hetero) is 1. The third-order valence-electron chi connectivity index (χ3n) is 6.11. The van der Waals surface area contributed by atoms with Crippen LogP contribution in [0.3, 0.4) is 0 Å². The fourth-order valence-corrected chi connectivity index (χ4v) is 4.22. The Morgan fingerprint density at radius 1 is 0.938 bits per heavy atom. The molecule has 0 aliphatic carbocycles. The van der Waals surface area contributed by atoms with Crippen LogP contribution >= 0.6 is 0 Å². The van der Waals surface area contributed by atoms with Gasteiger partial charge in [-0.3, -0.25) is 9.59 Å². The Labute approximate surface area is 189 Å². The maximum atomic E-state index is 13.2. The summed E-state index contributed by atoms with van der Waals surface area (Å²) in [7, 11) is 1.65. The van der Waals surface area contributed by atoms with Crippen molar-refractivity contribution in [2.24, 2.45) is 0 Å². The van der Waals surface area contributed by atoms with Crippen LogP contribution in [-0.2, 0) is 4.79 Å². The Morgan fingerprint density at radius 2 is 1.62 bits per heavy atom. The molecule has 1 saturated heterocycles. The van der Waals surface area contributed by atoms with E-state index in [2.05, 4.69) is 9.47 Å². The number of methoxy groups -OCH3 is 1. The van der Waals surface area contributed by atoms with Crippen LogP contribution in [0.2, 0.25) is 0 Å². The summed E-state index contributed by atoms with van der Waals surface area (Å²) in [5.74, 6) is 1.01. The van der Waals surface area contributed by atoms with E-state index in [-0.39, 0.29) is 17.7 Å². The van der Waals surface area contributed by atoms with Crippen molar-refractivity contribution in [1.82, 2.24) is 9.47 Å². The SMILES string of the molecule is COc1cccc(C(CC(=O)N2CCN(c3ccc(C(C)=O)cc3)CC2)n2cccc2)c1. The van der Waals surface area contributed by atoms with Gasteiger partial charge in [-0.1, -0.05) is 12.1 Å². The maximum absolute atomic E-state index is 13.2. The molecule has 0 bridgehead atoms. The number of anilines is 1. The van der Waals surface area contributed by atoms with E-state index >= 15 is 0 Å². The van der Waals surface area contributed by atoms with Gasteiger partial charge in [-0.2, -0.15) is 0 Å². The molecule has 1 aliphatic heterocycles. The summed E-state index contributed by atoms with van der Waals surface area (Å²) >= 11 is 0. The largest absolute Gasteiger partial charge is 0.497 e. The molecule has 0 saturated carbocycles. The van der Waals surface area contributed by atoms with Gasteiger partial charge in [0.1, 0.15) is 5.75 Å². The van der Waals surface area contributed by atoms with Gasteiger partial charge in [-0.25, -0.2) is 0 Å². The number of piperazine rings is 1. The standard InChI is InChI=1S/C26H29N3O3/c1-20(30)21-8-10-23(11-9-21)27-14-16-29(17-15-27)26(31)19-25(28-12-3-4-13-28)22-6-5-7-24(18-22)32-2/h3-13,18,25H,14-17,19H2,1-2H3. The quantitative estimate of drug-likeness (QED) is 0.530. The Hall–Kier alpha value is -3.54. The fourth-order valence-electron chi connectivity index (χ4n) is 4.22. The molecule has 1 amide bonds. The lowest BCUT2D eigenvalue weighted by atomic mass is 10.0. The van der Waals surface area contributed by atoms with Gasteiger partial charge in [0.2, 0.25) is 5.91 Å². The lowest BCUT2D eigenvalue weighted by molar-refractivity contribution is -0.132. The third-order valence-corrected chi connectivity index (χ3v) is 6.11. The minimum atomic E-state index is -0.0789. The van der Waals surface area contributed by atoms with Crippen molar-refractivity contribution in [3.8, 4) is 5.75 Å². The zero-order valence-corrected chi connectivity index (χ0v) is 18.6. The molecule has 32 heavy (non-hydrogen) atoms. The van der Waals surface area contributed by atoms with E-state index in [0.29, 0.717) is 19.5 Å². The molecule has 166 valence electrons. The van der Waals surface area contributed by atoms with E-state index in [1.807, 2.05) is 78.0 Å². The van der Waals surface area contributed by atoms with E-state index in [4.69, 9.17) is 4.74 Å². The lowest BCUT2D eigenvalue weighted by Crippen LogP contribution is -2.49. The van der Waals surface area contributed by atoms with Gasteiger partial charge in [0.25, 0.3) is 0 Å². The number of carbonyl (C=O) groups excluding carboxylic acids is 2. The molecule has 0 N–H and O–H groups in total. The number of benzene rings is 2. The van der Waals surface area contributed by atoms with E-state index in [1.165, 1.54) is 0 Å². The van der Waals surface area contributed by atoms with Crippen LogP contribution in [0.15, 0.2) is 73.1 Å². The maximum Gasteiger partial charge on any atom is 0.225 e. The van der Waals surface area contributed by atoms with Gasteiger partial charge in [-0.15, -0.1) is 0 Å². The van der Waals surface area contributed by atoms with E-state index in [1.54, 1.807) is 14.0 Å². The Balaban J connectivity index is 1.42. The molecule has 0 radical (unpaired) electrons. The molecule has 1 unspecified atom stereocenters. The summed E-state index contributed by atoms with van der Waals surface area (Å²) in [6.07, 6.45) is 4.40. The molecular weight excluding hydrogens is 402 g/mol. The van der Waals surface area contributed by atoms with E-state index < -0.39 is 0 Å². The summed E-state index contributed by atoms with van der Waals surface area (Å²) in [6.45, 7) is 4.50. The fraction of sp³-hybridized carbons (Fsp3) is 0.308. The molecule has 4 rings (SSSR count). The second kappa shape index (κ2) is 9.73. The molecule has 2 heterocycles. The summed E-state index contributed by atoms with van der Waals surface area (Å²) in [4.78, 5) is 28.9. The summed E-state index contributed by atoms with van der Waals surface area (Å²) in [5, 5.41) is 0. The zero-order chi connectivity index (χ0) is 22.5. The van der Waals surface area contributed by atoms with Gasteiger partial charge in [0.15, 0.2) is 5.78 Å². The van der Waals surface area contributed by atoms with Crippen LogP contribution in [0.4, 0.5) is 5.69 Å². The predicted octanol–water partition coefficient (Wildman–Crippen LogP) is 4.03. The summed E-state index contributed by atoms with van der Waals surface area (Å²) in [6, 6.07) is 19.5. The van der Waals surface area contributed by atoms with Crippen molar-refractivity contribution in [2.45, 2.75) is 19.4 Å². The highest BCUT2D eigenvalue weighted by Gasteiger charge is 2.25. The van der Waals surface area contributed by atoms with Crippen molar-refractivity contribution in [3.05, 3.63) is 84.2 Å². The number of ketones is 1. The number of amides is 1. The monoisotopic (exact) mass is 431 g/mol. The highest BCUT2D eigenvalue weighted by Crippen LogP contribution is 2.27. The zero-order valence-electron chi connectivity index (χ0n) is 18.6. The van der Waals surface area contributed by atoms with Crippen LogP contribution in [0.5, 0.6) is 5.75 Å². The normalized spacial score (nSPS) is 14.8. The van der Waals surface area contributed by atoms with Crippen LogP contribution in [0.1, 0.15) is 35.3 Å². The predicted molar refractivity (Wildman–Crippen MR) is 125 cm³/mol. The molecule has 3 aromatic rings.